The SMILES string of the molecule is Cc1cc(C(=O)O)c(N)c(C(=O)O)c1.O=CO. The summed E-state index contributed by atoms with van der Waals surface area (Å²) in [4.78, 5) is 29.7. The summed E-state index contributed by atoms with van der Waals surface area (Å²) in [5.74, 6) is -2.46. The molecule has 7 heteroatoms. The topological polar surface area (TPSA) is 138 Å². The standard InChI is InChI=1S/C9H9NO4.CH2O2/c1-4-2-5(8(11)12)7(10)6(3-4)9(13)14;2-1-3/h2-3H,10H2,1H3,(H,11,12)(H,13,14);1H,(H,2,3). The van der Waals surface area contributed by atoms with E-state index in [-0.39, 0.29) is 23.3 Å². The Morgan fingerprint density at radius 3 is 1.71 bits per heavy atom. The van der Waals surface area contributed by atoms with E-state index in [0.717, 1.165) is 0 Å². The van der Waals surface area contributed by atoms with Gasteiger partial charge in [-0.05, 0) is 24.6 Å². The third-order valence-electron chi connectivity index (χ3n) is 1.79. The number of aryl methyl sites for hydroxylation is 1. The molecule has 1 aromatic carbocycles. The zero-order chi connectivity index (χ0) is 13.6. The molecule has 0 amide bonds. The van der Waals surface area contributed by atoms with Gasteiger partial charge in [-0.3, -0.25) is 4.79 Å². The van der Waals surface area contributed by atoms with Crippen molar-refractivity contribution in [3.8, 4) is 0 Å². The average Bonchev–Trinajstić information content (AvgIpc) is 2.21. The van der Waals surface area contributed by atoms with Gasteiger partial charge in [0.2, 0.25) is 0 Å². The lowest BCUT2D eigenvalue weighted by Crippen LogP contribution is -2.09. The van der Waals surface area contributed by atoms with E-state index in [0.29, 0.717) is 5.56 Å². The number of carboxylic acids is 2. The molecule has 1 aromatic rings. The second-order valence-electron chi connectivity index (χ2n) is 2.99. The van der Waals surface area contributed by atoms with Crippen LogP contribution in [0.5, 0.6) is 0 Å². The summed E-state index contributed by atoms with van der Waals surface area (Å²) in [6, 6.07) is 2.67. The van der Waals surface area contributed by atoms with Crippen LogP contribution in [0.1, 0.15) is 26.3 Å². The van der Waals surface area contributed by atoms with Crippen molar-refractivity contribution in [2.75, 3.05) is 5.73 Å². The lowest BCUT2D eigenvalue weighted by Gasteiger charge is -2.06. The molecule has 7 nitrogen and oxygen atoms in total. The molecule has 0 radical (unpaired) electrons. The Kier molecular flexibility index (Phi) is 5.19. The molecule has 0 bridgehead atoms. The van der Waals surface area contributed by atoms with Crippen LogP contribution < -0.4 is 5.73 Å². The smallest absolute Gasteiger partial charge is 0.337 e. The fourth-order valence-corrected chi connectivity index (χ4v) is 1.15. The number of hydrogen-bond donors (Lipinski definition) is 4. The summed E-state index contributed by atoms with van der Waals surface area (Å²) in [5, 5.41) is 24.3. The summed E-state index contributed by atoms with van der Waals surface area (Å²) in [5.41, 5.74) is 5.37. The third kappa shape index (κ3) is 3.82. The molecule has 0 aliphatic carbocycles. The monoisotopic (exact) mass is 241 g/mol. The zero-order valence-corrected chi connectivity index (χ0v) is 8.88. The van der Waals surface area contributed by atoms with Crippen LogP contribution >= 0.6 is 0 Å². The van der Waals surface area contributed by atoms with Gasteiger partial charge >= 0.3 is 11.9 Å². The molecule has 0 aliphatic heterocycles. The van der Waals surface area contributed by atoms with Crippen LogP contribution in [-0.2, 0) is 4.79 Å². The van der Waals surface area contributed by atoms with Crippen molar-refractivity contribution in [3.63, 3.8) is 0 Å². The van der Waals surface area contributed by atoms with Crippen LogP contribution in [0.25, 0.3) is 0 Å². The van der Waals surface area contributed by atoms with E-state index in [9.17, 15) is 9.59 Å². The normalized spacial score (nSPS) is 8.76. The van der Waals surface area contributed by atoms with Crippen molar-refractivity contribution in [1.82, 2.24) is 0 Å². The summed E-state index contributed by atoms with van der Waals surface area (Å²) in [7, 11) is 0. The summed E-state index contributed by atoms with van der Waals surface area (Å²) in [6.45, 7) is 1.36. The molecule has 0 saturated carbocycles. The Balaban J connectivity index is 0.000000770. The minimum Gasteiger partial charge on any atom is -0.483 e. The number of aromatic carboxylic acids is 2. The van der Waals surface area contributed by atoms with Gasteiger partial charge in [0.15, 0.2) is 0 Å². The van der Waals surface area contributed by atoms with E-state index >= 15 is 0 Å². The van der Waals surface area contributed by atoms with Gasteiger partial charge in [-0.25, -0.2) is 9.59 Å². The molecule has 0 atom stereocenters. The molecule has 17 heavy (non-hydrogen) atoms. The summed E-state index contributed by atoms with van der Waals surface area (Å²) < 4.78 is 0. The summed E-state index contributed by atoms with van der Waals surface area (Å²) in [6.07, 6.45) is 0. The lowest BCUT2D eigenvalue weighted by molar-refractivity contribution is -0.122. The van der Waals surface area contributed by atoms with E-state index in [1.165, 1.54) is 12.1 Å². The van der Waals surface area contributed by atoms with Crippen molar-refractivity contribution in [1.29, 1.82) is 0 Å². The van der Waals surface area contributed by atoms with Crippen molar-refractivity contribution >= 4 is 24.1 Å². The fourth-order valence-electron chi connectivity index (χ4n) is 1.15. The highest BCUT2D eigenvalue weighted by Crippen LogP contribution is 2.20. The van der Waals surface area contributed by atoms with Crippen LogP contribution in [0.4, 0.5) is 5.69 Å². The Labute approximate surface area is 96.1 Å². The minimum absolute atomic E-state index is 0.178. The first-order valence-electron chi connectivity index (χ1n) is 4.29. The van der Waals surface area contributed by atoms with Crippen LogP contribution in [0.2, 0.25) is 0 Å². The molecular weight excluding hydrogens is 230 g/mol. The van der Waals surface area contributed by atoms with Gasteiger partial charge in [-0.2, -0.15) is 0 Å². The minimum atomic E-state index is -1.23. The Morgan fingerprint density at radius 1 is 1.18 bits per heavy atom. The quantitative estimate of drug-likeness (QED) is 0.441. The number of nitrogens with two attached hydrogens (primary N) is 1. The molecule has 0 spiro atoms. The predicted octanol–water partition coefficient (Wildman–Crippen LogP) is 0.674. The van der Waals surface area contributed by atoms with Crippen molar-refractivity contribution in [2.45, 2.75) is 6.92 Å². The van der Waals surface area contributed by atoms with Crippen LogP contribution in [-0.4, -0.2) is 33.7 Å². The first-order valence-corrected chi connectivity index (χ1v) is 4.29. The number of carbonyl (C=O) groups is 3. The Hall–Kier alpha value is -2.57. The van der Waals surface area contributed by atoms with E-state index < -0.39 is 11.9 Å². The maximum Gasteiger partial charge on any atom is 0.337 e. The Bertz CT molecular complexity index is 419. The molecule has 0 saturated heterocycles. The van der Waals surface area contributed by atoms with E-state index in [2.05, 4.69) is 0 Å². The highest BCUT2D eigenvalue weighted by atomic mass is 16.4. The maximum absolute atomic E-state index is 10.7. The Morgan fingerprint density at radius 2 is 1.47 bits per heavy atom. The fraction of sp³-hybridized carbons (Fsp3) is 0.100. The predicted molar refractivity (Wildman–Crippen MR) is 58.2 cm³/mol. The van der Waals surface area contributed by atoms with Gasteiger partial charge in [0, 0.05) is 0 Å². The van der Waals surface area contributed by atoms with Crippen LogP contribution in [0.15, 0.2) is 12.1 Å². The number of benzene rings is 1. The largest absolute Gasteiger partial charge is 0.483 e. The molecule has 1 rings (SSSR count). The maximum atomic E-state index is 10.7. The zero-order valence-electron chi connectivity index (χ0n) is 8.88. The highest BCUT2D eigenvalue weighted by Gasteiger charge is 2.16. The molecule has 0 heterocycles. The second-order valence-corrected chi connectivity index (χ2v) is 2.99. The van der Waals surface area contributed by atoms with Crippen LogP contribution in [0.3, 0.4) is 0 Å². The van der Waals surface area contributed by atoms with Crippen LogP contribution in [0, 0.1) is 6.92 Å². The molecule has 5 N–H and O–H groups in total. The van der Waals surface area contributed by atoms with Crippen molar-refractivity contribution in [3.05, 3.63) is 28.8 Å². The van der Waals surface area contributed by atoms with Gasteiger partial charge in [-0.15, -0.1) is 0 Å². The third-order valence-corrected chi connectivity index (χ3v) is 1.79. The number of hydrogen-bond acceptors (Lipinski definition) is 4. The van der Waals surface area contributed by atoms with Gasteiger partial charge < -0.3 is 21.1 Å². The van der Waals surface area contributed by atoms with E-state index in [4.69, 9.17) is 25.8 Å². The second kappa shape index (κ2) is 6.11. The van der Waals surface area contributed by atoms with Crippen molar-refractivity contribution in [2.24, 2.45) is 0 Å². The number of anilines is 1. The van der Waals surface area contributed by atoms with Gasteiger partial charge in [0.25, 0.3) is 6.47 Å². The molecule has 0 aliphatic rings. The van der Waals surface area contributed by atoms with Crippen molar-refractivity contribution < 1.29 is 29.7 Å². The highest BCUT2D eigenvalue weighted by molar-refractivity contribution is 6.02. The number of nitrogen functional groups attached to an aromatic ring is 1. The average molecular weight is 241 g/mol. The van der Waals surface area contributed by atoms with Gasteiger partial charge in [0.1, 0.15) is 0 Å². The number of carboxylic acid groups (broad SMARTS) is 3. The van der Waals surface area contributed by atoms with Gasteiger partial charge in [-0.1, -0.05) is 0 Å². The molecule has 0 unspecified atom stereocenters. The first-order chi connectivity index (χ1) is 7.84. The van der Waals surface area contributed by atoms with E-state index in [1.54, 1.807) is 6.92 Å². The molecule has 92 valence electrons. The molecule has 0 aromatic heterocycles. The first kappa shape index (κ1) is 14.4. The van der Waals surface area contributed by atoms with E-state index in [1.807, 2.05) is 0 Å². The summed E-state index contributed by atoms with van der Waals surface area (Å²) >= 11 is 0. The molecular formula is C10H11NO6. The van der Waals surface area contributed by atoms with Gasteiger partial charge in [0.05, 0.1) is 16.8 Å². The molecule has 0 fully saturated rings. The lowest BCUT2D eigenvalue weighted by atomic mass is 10.0. The number of rotatable bonds is 2.